The first kappa shape index (κ1) is 14.4. The summed E-state index contributed by atoms with van der Waals surface area (Å²) in [6.07, 6.45) is 2.20. The number of ether oxygens (including phenoxy) is 1. The van der Waals surface area contributed by atoms with Crippen molar-refractivity contribution >= 4 is 39.4 Å². The van der Waals surface area contributed by atoms with Crippen molar-refractivity contribution in [1.82, 2.24) is 14.5 Å². The molecule has 0 fully saturated rings. The summed E-state index contributed by atoms with van der Waals surface area (Å²) in [5.74, 6) is 0.309. The van der Waals surface area contributed by atoms with E-state index in [0.717, 1.165) is 3.57 Å². The fourth-order valence-electron chi connectivity index (χ4n) is 1.62. The lowest BCUT2D eigenvalue weighted by molar-refractivity contribution is -0.132. The monoisotopic (exact) mass is 380 g/mol. The van der Waals surface area contributed by atoms with Crippen molar-refractivity contribution in [2.24, 2.45) is 0 Å². The Kier molecular flexibility index (Phi) is 4.87. The van der Waals surface area contributed by atoms with Gasteiger partial charge in [-0.15, -0.1) is 0 Å². The molecule has 0 amide bonds. The van der Waals surface area contributed by atoms with Gasteiger partial charge in [-0.1, -0.05) is 0 Å². The number of hydrogen-bond donors (Lipinski definition) is 4. The zero-order valence-electron chi connectivity index (χ0n) is 9.82. The maximum Gasteiger partial charge on any atom is 0.163 e. The van der Waals surface area contributed by atoms with Gasteiger partial charge in [0.2, 0.25) is 0 Å². The predicted molar refractivity (Wildman–Crippen MR) is 74.4 cm³/mol. The van der Waals surface area contributed by atoms with E-state index in [1.807, 2.05) is 5.48 Å². The second-order valence-electron chi connectivity index (χ2n) is 3.74. The molecule has 0 aliphatic carbocycles. The average molecular weight is 380 g/mol. The summed E-state index contributed by atoms with van der Waals surface area (Å²) in [6, 6.07) is 0. The molecule has 2 aromatic rings. The van der Waals surface area contributed by atoms with E-state index in [-0.39, 0.29) is 19.8 Å². The molecule has 2 rings (SSSR count). The number of nitrogens with one attached hydrogen (secondary N) is 1. The van der Waals surface area contributed by atoms with E-state index in [0.29, 0.717) is 16.9 Å². The van der Waals surface area contributed by atoms with Crippen LogP contribution in [0.25, 0.3) is 11.0 Å². The highest BCUT2D eigenvalue weighted by molar-refractivity contribution is 14.1. The third-order valence-corrected chi connectivity index (χ3v) is 3.31. The molecule has 1 unspecified atom stereocenters. The summed E-state index contributed by atoms with van der Waals surface area (Å²) < 4.78 is 7.69. The van der Waals surface area contributed by atoms with Crippen molar-refractivity contribution in [3.63, 3.8) is 0 Å². The number of hydrogen-bond acceptors (Lipinski definition) is 7. The first-order chi connectivity index (χ1) is 9.17. The molecule has 8 nitrogen and oxygen atoms in total. The Morgan fingerprint density at radius 3 is 2.95 bits per heavy atom. The van der Waals surface area contributed by atoms with Gasteiger partial charge >= 0.3 is 0 Å². The fourth-order valence-corrected chi connectivity index (χ4v) is 2.45. The van der Waals surface area contributed by atoms with Crippen LogP contribution in [0.1, 0.15) is 6.42 Å². The molecule has 0 aromatic carbocycles. The molecule has 104 valence electrons. The lowest BCUT2D eigenvalue weighted by atomic mass is 10.4. The van der Waals surface area contributed by atoms with E-state index in [2.05, 4.69) is 32.6 Å². The van der Waals surface area contributed by atoms with Crippen LogP contribution in [0, 0.1) is 3.57 Å². The van der Waals surface area contributed by atoms with Gasteiger partial charge in [0.1, 0.15) is 18.7 Å². The molecule has 2 aromatic heterocycles. The molecule has 0 spiro atoms. The Bertz CT molecular complexity index is 562. The number of aromatic nitrogens is 3. The predicted octanol–water partition coefficient (Wildman–Crippen LogP) is 0.512. The lowest BCUT2D eigenvalue weighted by Crippen LogP contribution is -2.16. The van der Waals surface area contributed by atoms with Crippen LogP contribution in [0.15, 0.2) is 12.5 Å². The van der Waals surface area contributed by atoms with E-state index in [9.17, 15) is 5.11 Å². The zero-order valence-corrected chi connectivity index (χ0v) is 12.0. The molecule has 0 aliphatic rings. The Balaban J connectivity index is 2.25. The van der Waals surface area contributed by atoms with Crippen molar-refractivity contribution in [2.75, 3.05) is 12.1 Å². The van der Waals surface area contributed by atoms with Crippen LogP contribution in [-0.2, 0) is 11.5 Å². The quantitative estimate of drug-likeness (QED) is 0.328. The van der Waals surface area contributed by atoms with Gasteiger partial charge in [-0.3, -0.25) is 10.7 Å². The number of nitrogens with zero attached hydrogens (tertiary/aromatic N) is 3. The fraction of sp³-hybridized carbons (Fsp3) is 0.400. The second kappa shape index (κ2) is 6.43. The van der Waals surface area contributed by atoms with Gasteiger partial charge in [-0.25, -0.2) is 9.97 Å². The van der Waals surface area contributed by atoms with Crippen LogP contribution in [0.3, 0.4) is 0 Å². The van der Waals surface area contributed by atoms with Gasteiger partial charge in [0.15, 0.2) is 12.1 Å². The molecule has 0 aliphatic heterocycles. The van der Waals surface area contributed by atoms with Crippen LogP contribution < -0.4 is 5.48 Å². The minimum Gasteiger partial charge on any atom is -0.396 e. The molecule has 0 saturated heterocycles. The zero-order chi connectivity index (χ0) is 13.8. The number of anilines is 1. The van der Waals surface area contributed by atoms with Crippen molar-refractivity contribution in [1.29, 1.82) is 0 Å². The first-order valence-corrected chi connectivity index (χ1v) is 6.55. The van der Waals surface area contributed by atoms with E-state index in [4.69, 9.17) is 15.1 Å². The Morgan fingerprint density at radius 2 is 2.26 bits per heavy atom. The number of halogens is 1. The lowest BCUT2D eigenvalue weighted by Gasteiger charge is -2.11. The topological polar surface area (TPSA) is 113 Å². The SMILES string of the molecule is OCCC(O)OCn1cc(I)c2c(NO)ncnc21. The molecule has 19 heavy (non-hydrogen) atoms. The van der Waals surface area contributed by atoms with Crippen LogP contribution in [0.4, 0.5) is 5.82 Å². The molecule has 0 radical (unpaired) electrons. The summed E-state index contributed by atoms with van der Waals surface area (Å²) in [4.78, 5) is 8.03. The number of aliphatic hydroxyl groups excluding tert-OH is 2. The molecule has 2 heterocycles. The summed E-state index contributed by atoms with van der Waals surface area (Å²) >= 11 is 2.09. The smallest absolute Gasteiger partial charge is 0.163 e. The van der Waals surface area contributed by atoms with E-state index in [1.54, 1.807) is 10.8 Å². The second-order valence-corrected chi connectivity index (χ2v) is 4.90. The van der Waals surface area contributed by atoms with Gasteiger partial charge in [0.05, 0.1) is 5.39 Å². The van der Waals surface area contributed by atoms with Crippen LogP contribution >= 0.6 is 22.6 Å². The maximum atomic E-state index is 9.41. The Morgan fingerprint density at radius 1 is 1.47 bits per heavy atom. The summed E-state index contributed by atoms with van der Waals surface area (Å²) in [5, 5.41) is 27.8. The van der Waals surface area contributed by atoms with Crippen molar-refractivity contribution < 1.29 is 20.2 Å². The third-order valence-electron chi connectivity index (χ3n) is 2.50. The van der Waals surface area contributed by atoms with Crippen LogP contribution in [-0.4, -0.2) is 42.9 Å². The third kappa shape index (κ3) is 3.12. The minimum atomic E-state index is -1.03. The molecule has 0 saturated carbocycles. The van der Waals surface area contributed by atoms with Crippen LogP contribution in [0.5, 0.6) is 0 Å². The Hall–Kier alpha value is -1.01. The van der Waals surface area contributed by atoms with E-state index in [1.165, 1.54) is 6.33 Å². The molecule has 1 atom stereocenters. The number of aliphatic hydroxyl groups is 2. The molecule has 4 N–H and O–H groups in total. The summed E-state index contributed by atoms with van der Waals surface area (Å²) in [5.41, 5.74) is 2.59. The summed E-state index contributed by atoms with van der Waals surface area (Å²) in [6.45, 7) is -0.0611. The molecule has 9 heteroatoms. The summed E-state index contributed by atoms with van der Waals surface area (Å²) in [7, 11) is 0. The molecular formula is C10H13IN4O4. The highest BCUT2D eigenvalue weighted by Gasteiger charge is 2.13. The molecular weight excluding hydrogens is 367 g/mol. The molecule has 0 bridgehead atoms. The van der Waals surface area contributed by atoms with Crippen molar-refractivity contribution in [3.8, 4) is 0 Å². The van der Waals surface area contributed by atoms with Crippen molar-refractivity contribution in [2.45, 2.75) is 19.4 Å². The normalized spacial score (nSPS) is 12.8. The van der Waals surface area contributed by atoms with Gasteiger partial charge in [0, 0.05) is 22.8 Å². The van der Waals surface area contributed by atoms with Gasteiger partial charge < -0.3 is 19.5 Å². The van der Waals surface area contributed by atoms with Crippen LogP contribution in [0.2, 0.25) is 0 Å². The minimum absolute atomic E-state index is 0.0859. The standard InChI is InChI=1S/C10H13IN4O4/c11-6-3-15(5-19-7(17)1-2-16)10-8(6)9(14-18)12-4-13-10/h3-4,7,16-18H,1-2,5H2,(H,12,13,14). The van der Waals surface area contributed by atoms with E-state index >= 15 is 0 Å². The number of fused-ring (bicyclic) bond motifs is 1. The Labute approximate surface area is 122 Å². The van der Waals surface area contributed by atoms with Gasteiger partial charge in [-0.05, 0) is 22.6 Å². The highest BCUT2D eigenvalue weighted by atomic mass is 127. The highest BCUT2D eigenvalue weighted by Crippen LogP contribution is 2.26. The number of rotatable bonds is 6. The first-order valence-electron chi connectivity index (χ1n) is 5.47. The van der Waals surface area contributed by atoms with Gasteiger partial charge in [0.25, 0.3) is 0 Å². The van der Waals surface area contributed by atoms with Gasteiger partial charge in [-0.2, -0.15) is 0 Å². The average Bonchev–Trinajstić information content (AvgIpc) is 2.74. The maximum absolute atomic E-state index is 9.41. The van der Waals surface area contributed by atoms with Crippen molar-refractivity contribution in [3.05, 3.63) is 16.1 Å². The van der Waals surface area contributed by atoms with E-state index < -0.39 is 6.29 Å². The largest absolute Gasteiger partial charge is 0.396 e.